The van der Waals surface area contributed by atoms with Crippen molar-refractivity contribution in [3.05, 3.63) is 59.7 Å². The Hall–Kier alpha value is -2.86. The number of carbonyl (C=O) groups excluding carboxylic acids is 1. The van der Waals surface area contributed by atoms with Crippen molar-refractivity contribution in [2.45, 2.75) is 31.2 Å². The molecule has 1 amide bonds. The molecule has 0 spiro atoms. The van der Waals surface area contributed by atoms with E-state index in [-0.39, 0.29) is 12.5 Å². The van der Waals surface area contributed by atoms with Gasteiger partial charge in [-0.05, 0) is 67.6 Å². The number of carboxylic acids is 1. The normalized spacial score (nSPS) is 17.8. The third-order valence-corrected chi connectivity index (χ3v) is 6.34. The number of likely N-dealkylation sites (tertiary alicyclic amines) is 1. The lowest BCUT2D eigenvalue weighted by Gasteiger charge is -2.30. The van der Waals surface area contributed by atoms with Gasteiger partial charge in [0.1, 0.15) is 12.6 Å². The minimum Gasteiger partial charge on any atom is -0.480 e. The van der Waals surface area contributed by atoms with Crippen molar-refractivity contribution in [2.24, 2.45) is 5.92 Å². The van der Waals surface area contributed by atoms with Crippen LogP contribution < -0.4 is 5.32 Å². The molecule has 6 heteroatoms. The second-order valence-electron chi connectivity index (χ2n) is 8.34. The maximum absolute atomic E-state index is 12.4. The zero-order chi connectivity index (χ0) is 21.1. The molecule has 4 rings (SSSR count). The number of fused-ring (bicyclic) bond motifs is 3. The smallest absolute Gasteiger partial charge is 0.407 e. The van der Waals surface area contributed by atoms with Crippen LogP contribution in [0.25, 0.3) is 11.1 Å². The summed E-state index contributed by atoms with van der Waals surface area (Å²) in [7, 11) is 2.07. The highest BCUT2D eigenvalue weighted by molar-refractivity contribution is 5.81. The molecular weight excluding hydrogens is 380 g/mol. The van der Waals surface area contributed by atoms with Crippen molar-refractivity contribution in [3.8, 4) is 11.1 Å². The van der Waals surface area contributed by atoms with E-state index in [1.54, 1.807) is 0 Å². The average Bonchev–Trinajstić information content (AvgIpc) is 3.07. The van der Waals surface area contributed by atoms with Crippen molar-refractivity contribution in [1.82, 2.24) is 10.2 Å². The molecule has 158 valence electrons. The summed E-state index contributed by atoms with van der Waals surface area (Å²) < 4.78 is 5.50. The third kappa shape index (κ3) is 4.33. The summed E-state index contributed by atoms with van der Waals surface area (Å²) in [5, 5.41) is 12.1. The highest BCUT2D eigenvalue weighted by Crippen LogP contribution is 2.44. The fraction of sp³-hybridized carbons (Fsp3) is 0.417. The highest BCUT2D eigenvalue weighted by Gasteiger charge is 2.30. The Morgan fingerprint density at radius 1 is 1.07 bits per heavy atom. The number of carboxylic acid groups (broad SMARTS) is 1. The van der Waals surface area contributed by atoms with E-state index in [2.05, 4.69) is 41.5 Å². The van der Waals surface area contributed by atoms with Crippen molar-refractivity contribution >= 4 is 12.1 Å². The average molecular weight is 408 g/mol. The SMILES string of the molecule is CN1CCC(C[C@H](NC(=O)OCC2c3ccccc3-c3ccccc32)C(=O)O)CC1. The first-order valence-corrected chi connectivity index (χ1v) is 10.6. The predicted octanol–water partition coefficient (Wildman–Crippen LogP) is 3.71. The Balaban J connectivity index is 1.37. The Kier molecular flexibility index (Phi) is 6.04. The molecule has 2 aliphatic rings. The van der Waals surface area contributed by atoms with Crippen LogP contribution in [0.3, 0.4) is 0 Å². The van der Waals surface area contributed by atoms with Gasteiger partial charge in [0.25, 0.3) is 0 Å². The monoisotopic (exact) mass is 408 g/mol. The van der Waals surface area contributed by atoms with Crippen LogP contribution in [0.2, 0.25) is 0 Å². The van der Waals surface area contributed by atoms with Crippen LogP contribution in [0, 0.1) is 5.92 Å². The van der Waals surface area contributed by atoms with Gasteiger partial charge in [-0.2, -0.15) is 0 Å². The lowest BCUT2D eigenvalue weighted by Crippen LogP contribution is -2.44. The van der Waals surface area contributed by atoms with Gasteiger partial charge in [-0.15, -0.1) is 0 Å². The standard InChI is InChI=1S/C24H28N2O4/c1-26-12-10-16(11-13-26)14-22(23(27)28)25-24(29)30-15-21-19-8-4-2-6-17(19)18-7-3-5-9-20(18)21/h2-9,16,21-22H,10-15H2,1H3,(H,25,29)(H,27,28)/t22-/m0/s1. The van der Waals surface area contributed by atoms with Gasteiger partial charge < -0.3 is 20.1 Å². The van der Waals surface area contributed by atoms with Crippen LogP contribution in [0.5, 0.6) is 0 Å². The van der Waals surface area contributed by atoms with Gasteiger partial charge in [0.15, 0.2) is 0 Å². The number of aliphatic carboxylic acids is 1. The van der Waals surface area contributed by atoms with Crippen molar-refractivity contribution in [1.29, 1.82) is 0 Å². The second kappa shape index (κ2) is 8.88. The van der Waals surface area contributed by atoms with Crippen LogP contribution in [0.15, 0.2) is 48.5 Å². The van der Waals surface area contributed by atoms with E-state index in [9.17, 15) is 14.7 Å². The molecule has 0 unspecified atom stereocenters. The lowest BCUT2D eigenvalue weighted by molar-refractivity contribution is -0.139. The molecule has 1 heterocycles. The molecule has 1 saturated heterocycles. The number of piperidine rings is 1. The number of benzene rings is 2. The fourth-order valence-corrected chi connectivity index (χ4v) is 4.63. The number of nitrogens with one attached hydrogen (secondary N) is 1. The van der Waals surface area contributed by atoms with E-state index in [1.165, 1.54) is 0 Å². The number of carbonyl (C=O) groups is 2. The Bertz CT molecular complexity index is 875. The number of amides is 1. The summed E-state index contributed by atoms with van der Waals surface area (Å²) in [6, 6.07) is 15.3. The number of rotatable bonds is 6. The maximum atomic E-state index is 12.4. The molecule has 30 heavy (non-hydrogen) atoms. The van der Waals surface area contributed by atoms with Crippen LogP contribution >= 0.6 is 0 Å². The molecule has 0 radical (unpaired) electrons. The van der Waals surface area contributed by atoms with Crippen LogP contribution in [0.4, 0.5) is 4.79 Å². The van der Waals surface area contributed by atoms with E-state index >= 15 is 0 Å². The van der Waals surface area contributed by atoms with Crippen LogP contribution in [0.1, 0.15) is 36.3 Å². The summed E-state index contributed by atoms with van der Waals surface area (Å²) in [6.07, 6.45) is 1.67. The summed E-state index contributed by atoms with van der Waals surface area (Å²) >= 11 is 0. The highest BCUT2D eigenvalue weighted by atomic mass is 16.5. The largest absolute Gasteiger partial charge is 0.480 e. The first-order valence-electron chi connectivity index (χ1n) is 10.6. The summed E-state index contributed by atoms with van der Waals surface area (Å²) in [6.45, 7) is 2.10. The first kappa shape index (κ1) is 20.4. The molecule has 0 bridgehead atoms. The quantitative estimate of drug-likeness (QED) is 0.762. The predicted molar refractivity (Wildman–Crippen MR) is 114 cm³/mol. The molecule has 2 aromatic rings. The molecule has 6 nitrogen and oxygen atoms in total. The number of hydrogen-bond donors (Lipinski definition) is 2. The molecule has 0 aromatic heterocycles. The topological polar surface area (TPSA) is 78.9 Å². The Morgan fingerprint density at radius 3 is 2.20 bits per heavy atom. The van der Waals surface area contributed by atoms with Gasteiger partial charge >= 0.3 is 12.1 Å². The fourth-order valence-electron chi connectivity index (χ4n) is 4.63. The number of ether oxygens (including phenoxy) is 1. The summed E-state index contributed by atoms with van der Waals surface area (Å²) in [5.74, 6) is -0.751. The van der Waals surface area contributed by atoms with E-state index < -0.39 is 18.1 Å². The maximum Gasteiger partial charge on any atom is 0.407 e. The number of alkyl carbamates (subject to hydrolysis) is 1. The van der Waals surface area contributed by atoms with Crippen LogP contribution in [-0.2, 0) is 9.53 Å². The van der Waals surface area contributed by atoms with Gasteiger partial charge in [-0.1, -0.05) is 48.5 Å². The van der Waals surface area contributed by atoms with Crippen molar-refractivity contribution < 1.29 is 19.4 Å². The molecule has 2 aromatic carbocycles. The molecule has 2 N–H and O–H groups in total. The van der Waals surface area contributed by atoms with E-state index in [1.807, 2.05) is 24.3 Å². The second-order valence-corrected chi connectivity index (χ2v) is 8.34. The van der Waals surface area contributed by atoms with Gasteiger partial charge in [-0.25, -0.2) is 9.59 Å². The molecule has 1 aliphatic carbocycles. The van der Waals surface area contributed by atoms with Gasteiger partial charge in [0, 0.05) is 5.92 Å². The van der Waals surface area contributed by atoms with Gasteiger partial charge in [0.2, 0.25) is 0 Å². The van der Waals surface area contributed by atoms with Crippen molar-refractivity contribution in [2.75, 3.05) is 26.7 Å². The minimum atomic E-state index is -1.01. The third-order valence-electron chi connectivity index (χ3n) is 6.34. The van der Waals surface area contributed by atoms with E-state index in [0.29, 0.717) is 12.3 Å². The number of hydrogen-bond acceptors (Lipinski definition) is 4. The Labute approximate surface area is 176 Å². The van der Waals surface area contributed by atoms with Gasteiger partial charge in [-0.3, -0.25) is 0 Å². The number of nitrogens with zero attached hydrogens (tertiary/aromatic N) is 1. The molecule has 1 aliphatic heterocycles. The molecule has 0 saturated carbocycles. The molecular formula is C24H28N2O4. The molecule has 1 atom stereocenters. The Morgan fingerprint density at radius 2 is 1.63 bits per heavy atom. The van der Waals surface area contributed by atoms with Gasteiger partial charge in [0.05, 0.1) is 0 Å². The summed E-state index contributed by atoms with van der Waals surface area (Å²) in [5.41, 5.74) is 4.58. The lowest BCUT2D eigenvalue weighted by atomic mass is 9.90. The van der Waals surface area contributed by atoms with Crippen molar-refractivity contribution in [3.63, 3.8) is 0 Å². The summed E-state index contributed by atoms with van der Waals surface area (Å²) in [4.78, 5) is 26.3. The van der Waals surface area contributed by atoms with E-state index in [0.717, 1.165) is 48.2 Å². The zero-order valence-electron chi connectivity index (χ0n) is 17.2. The van der Waals surface area contributed by atoms with Crippen LogP contribution in [-0.4, -0.2) is 54.9 Å². The van der Waals surface area contributed by atoms with E-state index in [4.69, 9.17) is 4.74 Å². The minimum absolute atomic E-state index is 0.0414. The first-order chi connectivity index (χ1) is 14.5. The zero-order valence-corrected chi connectivity index (χ0v) is 17.2. The molecule has 1 fully saturated rings.